The highest BCUT2D eigenvalue weighted by Gasteiger charge is 2.38. The number of rotatable bonds is 3. The lowest BCUT2D eigenvalue weighted by Gasteiger charge is -2.30. The number of amides is 1. The van der Waals surface area contributed by atoms with Gasteiger partial charge in [-0.25, -0.2) is 9.37 Å². The maximum Gasteiger partial charge on any atom is 0.253 e. The second-order valence-corrected chi connectivity index (χ2v) is 7.78. The summed E-state index contributed by atoms with van der Waals surface area (Å²) in [4.78, 5) is 17.1. The van der Waals surface area contributed by atoms with Crippen molar-refractivity contribution in [2.24, 2.45) is 10.8 Å². The first-order chi connectivity index (χ1) is 13.6. The zero-order valence-electron chi connectivity index (χ0n) is 15.4. The third-order valence-electron chi connectivity index (χ3n) is 6.07. The molecule has 4 aliphatic rings. The van der Waals surface area contributed by atoms with Crippen molar-refractivity contribution in [2.45, 2.75) is 56.3 Å². The Morgan fingerprint density at radius 3 is 3.00 bits per heavy atom. The van der Waals surface area contributed by atoms with Crippen molar-refractivity contribution in [1.29, 1.82) is 0 Å². The smallest absolute Gasteiger partial charge is 0.253 e. The van der Waals surface area contributed by atoms with Gasteiger partial charge in [0.15, 0.2) is 11.6 Å². The average molecular weight is 382 g/mol. The lowest BCUT2D eigenvalue weighted by atomic mass is 9.90. The number of carbonyl (C=O) groups excluding carboxylic acids is 1. The van der Waals surface area contributed by atoms with Gasteiger partial charge in [-0.05, 0) is 18.9 Å². The van der Waals surface area contributed by atoms with Crippen molar-refractivity contribution in [1.82, 2.24) is 15.3 Å². The van der Waals surface area contributed by atoms with Crippen LogP contribution in [0.25, 0.3) is 0 Å². The highest BCUT2D eigenvalue weighted by atomic mass is 19.1. The largest absolute Gasteiger partial charge is 0.363 e. The highest BCUT2D eigenvalue weighted by molar-refractivity contribution is 6.01. The van der Waals surface area contributed by atoms with Crippen LogP contribution >= 0.6 is 0 Å². The molecule has 4 N–H and O–H groups in total. The van der Waals surface area contributed by atoms with Crippen LogP contribution in [0, 0.1) is 5.82 Å². The zero-order valence-corrected chi connectivity index (χ0v) is 15.4. The van der Waals surface area contributed by atoms with E-state index in [1.54, 1.807) is 6.21 Å². The number of pyridine rings is 1. The van der Waals surface area contributed by atoms with Crippen molar-refractivity contribution >= 4 is 17.9 Å². The van der Waals surface area contributed by atoms with E-state index in [0.29, 0.717) is 16.8 Å². The highest BCUT2D eigenvalue weighted by Crippen LogP contribution is 2.36. The lowest BCUT2D eigenvalue weighted by Crippen LogP contribution is -2.43. The number of fused-ring (bicyclic) bond motifs is 2. The number of allylic oxidation sites excluding steroid dienone is 2. The van der Waals surface area contributed by atoms with Gasteiger partial charge in [0.05, 0.1) is 23.2 Å². The summed E-state index contributed by atoms with van der Waals surface area (Å²) in [5.74, 6) is -0.769. The molecule has 5 rings (SSSR count). The van der Waals surface area contributed by atoms with E-state index in [1.165, 1.54) is 0 Å². The van der Waals surface area contributed by atoms with Crippen molar-refractivity contribution in [3.8, 4) is 0 Å². The molecule has 28 heavy (non-hydrogen) atoms. The van der Waals surface area contributed by atoms with Crippen molar-refractivity contribution in [3.63, 3.8) is 0 Å². The Bertz CT molecular complexity index is 910. The molecule has 3 aliphatic heterocycles. The fraction of sp³-hybridized carbons (Fsp3) is 0.450. The fourth-order valence-corrected chi connectivity index (χ4v) is 4.53. The molecule has 1 aromatic heterocycles. The molecular weight excluding hydrogens is 359 g/mol. The molecule has 2 unspecified atom stereocenters. The standard InChI is InChI=1S/C20H23FN6O/c21-17-12-9-23-20(28)16(12)18(11-10-24-27-8-4-3-7-15(11)27)26-19(17)25-14-6-2-1-5-13(14)22/h3-4,7-8,10-11,13-15H,1-2,5-6,9,22H2,(H,23,28)(H,25,26)/t11?,13-,14+,15?/m0/s1. The van der Waals surface area contributed by atoms with E-state index in [9.17, 15) is 4.79 Å². The predicted molar refractivity (Wildman–Crippen MR) is 104 cm³/mol. The third kappa shape index (κ3) is 2.71. The van der Waals surface area contributed by atoms with Crippen LogP contribution in [0.1, 0.15) is 53.2 Å². The number of hydrogen-bond acceptors (Lipinski definition) is 6. The minimum absolute atomic E-state index is 0.0158. The van der Waals surface area contributed by atoms with Crippen LogP contribution in [0.15, 0.2) is 29.5 Å². The summed E-state index contributed by atoms with van der Waals surface area (Å²) < 4.78 is 15.2. The summed E-state index contributed by atoms with van der Waals surface area (Å²) in [7, 11) is 0. The first kappa shape index (κ1) is 17.4. The molecule has 0 aromatic carbocycles. The van der Waals surface area contributed by atoms with Gasteiger partial charge < -0.3 is 16.4 Å². The molecule has 1 fully saturated rings. The Balaban J connectivity index is 1.56. The van der Waals surface area contributed by atoms with E-state index in [2.05, 4.69) is 20.7 Å². The number of carbonyl (C=O) groups is 1. The number of anilines is 1. The molecule has 146 valence electrons. The summed E-state index contributed by atoms with van der Waals surface area (Å²) in [6.45, 7) is 0.176. The number of halogens is 1. The second-order valence-electron chi connectivity index (χ2n) is 7.78. The Hall–Kier alpha value is -2.74. The molecule has 1 aliphatic carbocycles. The normalized spacial score (nSPS) is 30.4. The van der Waals surface area contributed by atoms with Gasteiger partial charge in [-0.1, -0.05) is 25.0 Å². The van der Waals surface area contributed by atoms with Crippen LogP contribution in [-0.2, 0) is 6.54 Å². The molecule has 0 bridgehead atoms. The van der Waals surface area contributed by atoms with Gasteiger partial charge in [0.25, 0.3) is 5.91 Å². The number of hydrogen-bond donors (Lipinski definition) is 3. The molecule has 0 spiro atoms. The first-order valence-corrected chi connectivity index (χ1v) is 9.83. The molecule has 1 saturated carbocycles. The Morgan fingerprint density at radius 2 is 2.14 bits per heavy atom. The molecule has 0 radical (unpaired) electrons. The minimum atomic E-state index is -0.458. The summed E-state index contributed by atoms with van der Waals surface area (Å²) in [6.07, 6.45) is 13.5. The Morgan fingerprint density at radius 1 is 1.29 bits per heavy atom. The van der Waals surface area contributed by atoms with E-state index in [4.69, 9.17) is 5.73 Å². The molecule has 0 saturated heterocycles. The van der Waals surface area contributed by atoms with E-state index >= 15 is 4.39 Å². The summed E-state index contributed by atoms with van der Waals surface area (Å²) in [6, 6.07) is -0.107. The average Bonchev–Trinajstić information content (AvgIpc) is 3.30. The Labute approximate surface area is 162 Å². The third-order valence-corrected chi connectivity index (χ3v) is 6.07. The van der Waals surface area contributed by atoms with E-state index < -0.39 is 5.82 Å². The van der Waals surface area contributed by atoms with Crippen LogP contribution in [0.3, 0.4) is 0 Å². The fourth-order valence-electron chi connectivity index (χ4n) is 4.53. The quantitative estimate of drug-likeness (QED) is 0.743. The topological polar surface area (TPSA) is 95.6 Å². The van der Waals surface area contributed by atoms with E-state index in [-0.39, 0.29) is 42.3 Å². The van der Waals surface area contributed by atoms with Gasteiger partial charge in [0.1, 0.15) is 0 Å². The number of nitrogens with two attached hydrogens (primary N) is 1. The second kappa shape index (κ2) is 6.70. The van der Waals surface area contributed by atoms with Gasteiger partial charge in [-0.2, -0.15) is 5.10 Å². The predicted octanol–water partition coefficient (Wildman–Crippen LogP) is 1.98. The number of aromatic nitrogens is 1. The van der Waals surface area contributed by atoms with Crippen LogP contribution in [0.4, 0.5) is 10.2 Å². The van der Waals surface area contributed by atoms with Gasteiger partial charge in [0, 0.05) is 36.6 Å². The van der Waals surface area contributed by atoms with E-state index in [0.717, 1.165) is 25.7 Å². The first-order valence-electron chi connectivity index (χ1n) is 9.83. The SMILES string of the molecule is N[C@H]1CCCC[C@H]1Nc1nc(C2C=NN3C=CC=CC23)c2c(c1F)CNC2=O. The van der Waals surface area contributed by atoms with Gasteiger partial charge >= 0.3 is 0 Å². The van der Waals surface area contributed by atoms with Gasteiger partial charge in [0.2, 0.25) is 0 Å². The number of nitrogens with zero attached hydrogens (tertiary/aromatic N) is 3. The van der Waals surface area contributed by atoms with Crippen LogP contribution in [0.2, 0.25) is 0 Å². The van der Waals surface area contributed by atoms with Crippen LogP contribution < -0.4 is 16.4 Å². The van der Waals surface area contributed by atoms with Gasteiger partial charge in [-0.3, -0.25) is 9.80 Å². The van der Waals surface area contributed by atoms with Crippen LogP contribution in [-0.4, -0.2) is 40.2 Å². The summed E-state index contributed by atoms with van der Waals surface area (Å²) in [5.41, 5.74) is 7.52. The Kier molecular flexibility index (Phi) is 4.16. The molecule has 1 amide bonds. The van der Waals surface area contributed by atoms with Crippen molar-refractivity contribution < 1.29 is 9.18 Å². The maximum absolute atomic E-state index is 15.2. The molecule has 1 aromatic rings. The molecular formula is C20H23FN6O. The molecule has 7 nitrogen and oxygen atoms in total. The molecule has 4 heterocycles. The number of nitrogens with one attached hydrogen (secondary N) is 2. The summed E-state index contributed by atoms with van der Waals surface area (Å²) in [5, 5.41) is 12.2. The monoisotopic (exact) mass is 382 g/mol. The van der Waals surface area contributed by atoms with Crippen molar-refractivity contribution in [2.75, 3.05) is 5.32 Å². The minimum Gasteiger partial charge on any atom is -0.363 e. The zero-order chi connectivity index (χ0) is 19.3. The van der Waals surface area contributed by atoms with Crippen molar-refractivity contribution in [3.05, 3.63) is 47.1 Å². The van der Waals surface area contributed by atoms with Crippen LogP contribution in [0.5, 0.6) is 0 Å². The maximum atomic E-state index is 15.2. The molecule has 8 heteroatoms. The molecule has 4 atom stereocenters. The number of hydrazone groups is 1. The summed E-state index contributed by atoms with van der Waals surface area (Å²) >= 11 is 0. The van der Waals surface area contributed by atoms with E-state index in [1.807, 2.05) is 29.4 Å². The lowest BCUT2D eigenvalue weighted by molar-refractivity contribution is 0.0964. The van der Waals surface area contributed by atoms with Gasteiger partial charge in [-0.15, -0.1) is 0 Å².